The Morgan fingerprint density at radius 1 is 1.06 bits per heavy atom. The predicted molar refractivity (Wildman–Crippen MR) is 134 cm³/mol. The Labute approximate surface area is 208 Å². The monoisotopic (exact) mass is 539 g/mol. The van der Waals surface area contributed by atoms with Crippen molar-refractivity contribution in [2.75, 3.05) is 17.1 Å². The van der Waals surface area contributed by atoms with Crippen LogP contribution in [0.4, 0.5) is 10.8 Å². The second kappa shape index (κ2) is 9.70. The summed E-state index contributed by atoms with van der Waals surface area (Å²) >= 11 is 14.6. The lowest BCUT2D eigenvalue weighted by Crippen LogP contribution is -2.14. The number of sulfonamides is 1. The number of rotatable bonds is 7. The highest BCUT2D eigenvalue weighted by atomic mass is 35.5. The van der Waals surface area contributed by atoms with Gasteiger partial charge in [0.1, 0.15) is 10.1 Å². The summed E-state index contributed by atoms with van der Waals surface area (Å²) in [7, 11) is -2.28. The van der Waals surface area contributed by atoms with Crippen LogP contribution < -0.4 is 14.8 Å². The Bertz CT molecular complexity index is 1400. The van der Waals surface area contributed by atoms with Crippen molar-refractivity contribution in [3.05, 3.63) is 74.2 Å². The third-order valence-corrected chi connectivity index (χ3v) is 8.07. The number of ether oxygens (including phenoxy) is 1. The molecule has 0 unspecified atom stereocenters. The Balaban J connectivity index is 1.42. The van der Waals surface area contributed by atoms with Gasteiger partial charge in [-0.3, -0.25) is 14.8 Å². The van der Waals surface area contributed by atoms with Gasteiger partial charge in [0.2, 0.25) is 0 Å². The molecule has 0 saturated carbocycles. The summed E-state index contributed by atoms with van der Waals surface area (Å²) in [6.07, 6.45) is 0. The molecule has 0 radical (unpaired) electrons. The van der Waals surface area contributed by atoms with Crippen LogP contribution in [0.15, 0.2) is 64.9 Å². The van der Waals surface area contributed by atoms with E-state index in [2.05, 4.69) is 15.0 Å². The molecule has 0 aliphatic rings. The summed E-state index contributed by atoms with van der Waals surface area (Å²) in [5.41, 5.74) is 1.99. The van der Waals surface area contributed by atoms with Crippen molar-refractivity contribution in [2.45, 2.75) is 4.90 Å². The molecule has 1 amide bonds. The second-order valence-corrected chi connectivity index (χ2v) is 11.4. The number of thiophene rings is 1. The number of methoxy groups -OCH3 is 1. The highest BCUT2D eigenvalue weighted by Crippen LogP contribution is 2.39. The van der Waals surface area contributed by atoms with E-state index in [9.17, 15) is 13.2 Å². The molecule has 0 bridgehead atoms. The number of aromatic nitrogens is 1. The van der Waals surface area contributed by atoms with Crippen molar-refractivity contribution in [1.29, 1.82) is 0 Å². The first-order chi connectivity index (χ1) is 15.7. The van der Waals surface area contributed by atoms with Crippen LogP contribution >= 0.6 is 45.9 Å². The summed E-state index contributed by atoms with van der Waals surface area (Å²) in [5, 5.41) is 4.90. The quantitative estimate of drug-likeness (QED) is 0.289. The number of anilines is 2. The van der Waals surface area contributed by atoms with Crippen molar-refractivity contribution in [2.24, 2.45) is 0 Å². The van der Waals surface area contributed by atoms with E-state index < -0.39 is 10.0 Å². The molecule has 0 saturated heterocycles. The van der Waals surface area contributed by atoms with Gasteiger partial charge in [-0.15, -0.1) is 22.7 Å². The fourth-order valence-corrected chi connectivity index (χ4v) is 6.04. The maximum absolute atomic E-state index is 12.6. The van der Waals surface area contributed by atoms with Gasteiger partial charge in [0.15, 0.2) is 5.13 Å². The van der Waals surface area contributed by atoms with Gasteiger partial charge in [-0.25, -0.2) is 13.4 Å². The van der Waals surface area contributed by atoms with Crippen LogP contribution in [0.25, 0.3) is 11.3 Å². The molecule has 33 heavy (non-hydrogen) atoms. The number of hydrogen-bond donors (Lipinski definition) is 2. The summed E-state index contributed by atoms with van der Waals surface area (Å²) in [6.45, 7) is 0. The van der Waals surface area contributed by atoms with Crippen LogP contribution in [0.3, 0.4) is 0 Å². The summed E-state index contributed by atoms with van der Waals surface area (Å²) in [4.78, 5) is 17.0. The van der Waals surface area contributed by atoms with Crippen molar-refractivity contribution in [3.63, 3.8) is 0 Å². The van der Waals surface area contributed by atoms with Gasteiger partial charge in [-0.2, -0.15) is 0 Å². The molecule has 4 aromatic rings. The van der Waals surface area contributed by atoms with Gasteiger partial charge in [0.05, 0.1) is 22.0 Å². The molecule has 2 aromatic heterocycles. The SMILES string of the molecule is COc1ccc(S(=O)(=O)Nc2ccc(C(=O)Nc3nc(-c4cc(Cl)sc4Cl)cs3)cc2)cc1. The standard InChI is InChI=1S/C21H15Cl2N3O4S3/c1-30-14-6-8-15(9-7-14)33(28,29)26-13-4-2-12(3-5-13)20(27)25-21-24-17(11-31-21)16-10-18(22)32-19(16)23/h2-11,26H,1H3,(H,24,25,27). The normalized spacial score (nSPS) is 11.2. The Morgan fingerprint density at radius 3 is 2.36 bits per heavy atom. The molecule has 0 spiro atoms. The van der Waals surface area contributed by atoms with Gasteiger partial charge >= 0.3 is 0 Å². The Hall–Kier alpha value is -2.63. The van der Waals surface area contributed by atoms with Crippen LogP contribution in [0, 0.1) is 0 Å². The van der Waals surface area contributed by atoms with E-state index in [0.717, 1.165) is 0 Å². The van der Waals surface area contributed by atoms with Crippen LogP contribution in [-0.2, 0) is 10.0 Å². The minimum absolute atomic E-state index is 0.0942. The zero-order valence-electron chi connectivity index (χ0n) is 16.8. The van der Waals surface area contributed by atoms with E-state index in [-0.39, 0.29) is 10.8 Å². The zero-order chi connectivity index (χ0) is 23.6. The van der Waals surface area contributed by atoms with Gasteiger partial charge < -0.3 is 4.74 Å². The highest BCUT2D eigenvalue weighted by molar-refractivity contribution is 7.92. The second-order valence-electron chi connectivity index (χ2n) is 6.59. The fourth-order valence-electron chi connectivity index (χ4n) is 2.80. The minimum atomic E-state index is -3.78. The molecule has 7 nitrogen and oxygen atoms in total. The zero-order valence-corrected chi connectivity index (χ0v) is 20.8. The third kappa shape index (κ3) is 5.48. The van der Waals surface area contributed by atoms with Crippen LogP contribution in [0.2, 0.25) is 8.67 Å². The number of thiazole rings is 1. The topological polar surface area (TPSA) is 97.4 Å². The van der Waals surface area contributed by atoms with E-state index in [1.54, 1.807) is 23.6 Å². The molecule has 0 atom stereocenters. The van der Waals surface area contributed by atoms with E-state index in [1.807, 2.05) is 0 Å². The molecule has 2 heterocycles. The van der Waals surface area contributed by atoms with Crippen molar-refractivity contribution in [3.8, 4) is 17.0 Å². The molecular formula is C21H15Cl2N3O4S3. The number of amides is 1. The van der Waals surface area contributed by atoms with E-state index >= 15 is 0 Å². The first-order valence-corrected chi connectivity index (χ1v) is 13.2. The van der Waals surface area contributed by atoms with Crippen molar-refractivity contribution >= 4 is 72.6 Å². The van der Waals surface area contributed by atoms with Crippen LogP contribution in [0.1, 0.15) is 10.4 Å². The summed E-state index contributed by atoms with van der Waals surface area (Å²) < 4.78 is 33.7. The molecule has 0 aliphatic carbocycles. The number of carbonyl (C=O) groups excluding carboxylic acids is 1. The largest absolute Gasteiger partial charge is 0.497 e. The maximum atomic E-state index is 12.6. The first-order valence-electron chi connectivity index (χ1n) is 9.24. The molecule has 4 rings (SSSR count). The average molecular weight is 540 g/mol. The van der Waals surface area contributed by atoms with E-state index in [1.165, 1.54) is 66.2 Å². The third-order valence-electron chi connectivity index (χ3n) is 4.43. The van der Waals surface area contributed by atoms with Gasteiger partial charge in [0.25, 0.3) is 15.9 Å². The van der Waals surface area contributed by atoms with Gasteiger partial charge in [-0.1, -0.05) is 23.2 Å². The molecular weight excluding hydrogens is 525 g/mol. The number of halogens is 2. The molecule has 0 aliphatic heterocycles. The highest BCUT2D eigenvalue weighted by Gasteiger charge is 2.16. The van der Waals surface area contributed by atoms with E-state index in [4.69, 9.17) is 27.9 Å². The number of nitrogens with one attached hydrogen (secondary N) is 2. The van der Waals surface area contributed by atoms with Gasteiger partial charge in [-0.05, 0) is 54.6 Å². The van der Waals surface area contributed by atoms with Crippen LogP contribution in [-0.4, -0.2) is 26.4 Å². The summed E-state index contributed by atoms with van der Waals surface area (Å²) in [5.74, 6) is 0.175. The lowest BCUT2D eigenvalue weighted by atomic mass is 10.2. The number of benzene rings is 2. The van der Waals surface area contributed by atoms with Crippen molar-refractivity contribution < 1.29 is 17.9 Å². The minimum Gasteiger partial charge on any atom is -0.497 e. The van der Waals surface area contributed by atoms with Crippen LogP contribution in [0.5, 0.6) is 5.75 Å². The Kier molecular flexibility index (Phi) is 6.91. The van der Waals surface area contributed by atoms with Gasteiger partial charge in [0, 0.05) is 22.2 Å². The maximum Gasteiger partial charge on any atom is 0.261 e. The van der Waals surface area contributed by atoms with Crippen molar-refractivity contribution in [1.82, 2.24) is 4.98 Å². The fraction of sp³-hybridized carbons (Fsp3) is 0.0476. The number of nitrogens with zero attached hydrogens (tertiary/aromatic N) is 1. The molecule has 170 valence electrons. The Morgan fingerprint density at radius 2 is 1.76 bits per heavy atom. The lowest BCUT2D eigenvalue weighted by Gasteiger charge is -2.09. The molecule has 2 aromatic carbocycles. The van der Waals surface area contributed by atoms with E-state index in [0.29, 0.717) is 42.1 Å². The average Bonchev–Trinajstić information content (AvgIpc) is 3.39. The smallest absolute Gasteiger partial charge is 0.261 e. The number of hydrogen-bond acceptors (Lipinski definition) is 7. The molecule has 12 heteroatoms. The predicted octanol–water partition coefficient (Wildman–Crippen LogP) is 6.24. The number of carbonyl (C=O) groups is 1. The lowest BCUT2D eigenvalue weighted by molar-refractivity contribution is 0.102. The molecule has 2 N–H and O–H groups in total. The summed E-state index contributed by atoms with van der Waals surface area (Å²) in [6, 6.07) is 13.8. The molecule has 0 fully saturated rings. The first kappa shape index (κ1) is 23.5.